The highest BCUT2D eigenvalue weighted by Crippen LogP contribution is 2.24. The largest absolute Gasteiger partial charge is 0.334 e. The number of benzene rings is 1. The van der Waals surface area contributed by atoms with Crippen LogP contribution < -0.4 is 0 Å². The van der Waals surface area contributed by atoms with Crippen LogP contribution in [-0.2, 0) is 5.41 Å². The molecule has 19 heavy (non-hydrogen) atoms. The van der Waals surface area contributed by atoms with Gasteiger partial charge in [0.05, 0.1) is 0 Å². The molecule has 0 saturated carbocycles. The van der Waals surface area contributed by atoms with Gasteiger partial charge in [-0.25, -0.2) is 0 Å². The minimum Gasteiger partial charge on any atom is -0.334 e. The Kier molecular flexibility index (Phi) is 4.19. The van der Waals surface area contributed by atoms with Crippen LogP contribution in [0.15, 0.2) is 24.3 Å². The van der Waals surface area contributed by atoms with Gasteiger partial charge >= 0.3 is 0 Å². The van der Waals surface area contributed by atoms with E-state index < -0.39 is 0 Å². The number of nitrogens with zero attached hydrogens (tertiary/aromatic N) is 1. The van der Waals surface area contributed by atoms with Crippen molar-refractivity contribution in [1.29, 1.82) is 0 Å². The van der Waals surface area contributed by atoms with Gasteiger partial charge in [-0.2, -0.15) is 0 Å². The summed E-state index contributed by atoms with van der Waals surface area (Å²) in [6.45, 7) is 7.35. The second-order valence-electron chi connectivity index (χ2n) is 6.28. The van der Waals surface area contributed by atoms with Crippen molar-refractivity contribution >= 4 is 17.5 Å². The maximum atomic E-state index is 12.4. The normalized spacial score (nSPS) is 19.8. The molecular weight excluding hydrogens is 258 g/mol. The van der Waals surface area contributed by atoms with E-state index >= 15 is 0 Å². The highest BCUT2D eigenvalue weighted by atomic mass is 35.5. The average molecular weight is 280 g/mol. The first-order chi connectivity index (χ1) is 8.93. The zero-order valence-electron chi connectivity index (χ0n) is 11.9. The molecule has 0 aromatic heterocycles. The Hall–Kier alpha value is -1.02. The lowest BCUT2D eigenvalue weighted by atomic mass is 9.86. The molecule has 0 spiro atoms. The third-order valence-electron chi connectivity index (χ3n) is 3.81. The highest BCUT2D eigenvalue weighted by molar-refractivity contribution is 6.18. The van der Waals surface area contributed by atoms with Gasteiger partial charge in [-0.15, -0.1) is 11.6 Å². The van der Waals surface area contributed by atoms with Gasteiger partial charge in [-0.05, 0) is 36.0 Å². The third-order valence-corrected chi connectivity index (χ3v) is 4.17. The SMILES string of the molecule is CC(C)(C)c1ccc(C(=O)N2CCCC2CCl)cc1. The van der Waals surface area contributed by atoms with Gasteiger partial charge in [0.2, 0.25) is 0 Å². The monoisotopic (exact) mass is 279 g/mol. The van der Waals surface area contributed by atoms with Gasteiger partial charge < -0.3 is 4.90 Å². The van der Waals surface area contributed by atoms with Gasteiger partial charge in [-0.1, -0.05) is 32.9 Å². The van der Waals surface area contributed by atoms with Gasteiger partial charge in [0.15, 0.2) is 0 Å². The summed E-state index contributed by atoms with van der Waals surface area (Å²) in [5.74, 6) is 0.648. The molecule has 1 aromatic carbocycles. The van der Waals surface area contributed by atoms with Gasteiger partial charge in [-0.3, -0.25) is 4.79 Å². The molecule has 1 atom stereocenters. The van der Waals surface area contributed by atoms with E-state index in [1.165, 1.54) is 5.56 Å². The van der Waals surface area contributed by atoms with Crippen LogP contribution in [-0.4, -0.2) is 29.3 Å². The van der Waals surface area contributed by atoms with Crippen LogP contribution in [0.5, 0.6) is 0 Å². The average Bonchev–Trinajstić information content (AvgIpc) is 2.85. The minimum absolute atomic E-state index is 0.114. The molecule has 1 aromatic rings. The molecule has 1 heterocycles. The Morgan fingerprint density at radius 1 is 1.32 bits per heavy atom. The Bertz CT molecular complexity index is 447. The number of likely N-dealkylation sites (tertiary alicyclic amines) is 1. The summed E-state index contributed by atoms with van der Waals surface area (Å²) in [5.41, 5.74) is 2.14. The van der Waals surface area contributed by atoms with Crippen molar-refractivity contribution in [1.82, 2.24) is 4.90 Å². The van der Waals surface area contributed by atoms with Crippen LogP contribution in [0.25, 0.3) is 0 Å². The van der Waals surface area contributed by atoms with Gasteiger partial charge in [0.1, 0.15) is 0 Å². The molecule has 1 fully saturated rings. The standard InChI is InChI=1S/C16H22ClNO/c1-16(2,3)13-8-6-12(7-9-13)15(19)18-10-4-5-14(18)11-17/h6-9,14H,4-5,10-11H2,1-3H3. The Morgan fingerprint density at radius 3 is 2.47 bits per heavy atom. The van der Waals surface area contributed by atoms with Crippen LogP contribution >= 0.6 is 11.6 Å². The van der Waals surface area contributed by atoms with Gasteiger partial charge in [0.25, 0.3) is 5.91 Å². The fourth-order valence-corrected chi connectivity index (χ4v) is 2.86. The number of halogens is 1. The van der Waals surface area contributed by atoms with E-state index in [4.69, 9.17) is 11.6 Å². The Balaban J connectivity index is 2.16. The highest BCUT2D eigenvalue weighted by Gasteiger charge is 2.28. The van der Waals surface area contributed by atoms with Crippen LogP contribution in [0, 0.1) is 0 Å². The Labute approximate surface area is 120 Å². The molecule has 2 nitrogen and oxygen atoms in total. The van der Waals surface area contributed by atoms with E-state index in [1.807, 2.05) is 17.0 Å². The van der Waals surface area contributed by atoms with E-state index in [9.17, 15) is 4.79 Å². The summed E-state index contributed by atoms with van der Waals surface area (Å²) in [5, 5.41) is 0. The quantitative estimate of drug-likeness (QED) is 0.754. The fourth-order valence-electron chi connectivity index (χ4n) is 2.54. The van der Waals surface area contributed by atoms with Crippen molar-refractivity contribution in [3.05, 3.63) is 35.4 Å². The summed E-state index contributed by atoms with van der Waals surface area (Å²) in [6.07, 6.45) is 2.08. The first kappa shape index (κ1) is 14.4. The van der Waals surface area contributed by atoms with Crippen LogP contribution in [0.3, 0.4) is 0 Å². The first-order valence-electron chi connectivity index (χ1n) is 6.91. The van der Waals surface area contributed by atoms with Crippen LogP contribution in [0.1, 0.15) is 49.5 Å². The lowest BCUT2D eigenvalue weighted by Crippen LogP contribution is -2.36. The van der Waals surface area contributed by atoms with E-state index in [1.54, 1.807) is 0 Å². The molecule has 2 rings (SSSR count). The number of alkyl halides is 1. The third kappa shape index (κ3) is 3.11. The summed E-state index contributed by atoms with van der Waals surface area (Å²) < 4.78 is 0. The minimum atomic E-state index is 0.114. The maximum absolute atomic E-state index is 12.4. The van der Waals surface area contributed by atoms with Crippen molar-refractivity contribution in [2.75, 3.05) is 12.4 Å². The van der Waals surface area contributed by atoms with Gasteiger partial charge in [0, 0.05) is 24.0 Å². The van der Waals surface area contributed by atoms with E-state index in [0.29, 0.717) is 5.88 Å². The number of hydrogen-bond donors (Lipinski definition) is 0. The zero-order valence-corrected chi connectivity index (χ0v) is 12.7. The topological polar surface area (TPSA) is 20.3 Å². The van der Waals surface area contributed by atoms with Crippen molar-refractivity contribution in [2.24, 2.45) is 0 Å². The molecule has 1 amide bonds. The maximum Gasteiger partial charge on any atom is 0.254 e. The first-order valence-corrected chi connectivity index (χ1v) is 7.44. The number of hydrogen-bond acceptors (Lipinski definition) is 1. The molecule has 104 valence electrons. The number of rotatable bonds is 2. The van der Waals surface area contributed by atoms with Crippen molar-refractivity contribution in [2.45, 2.75) is 45.1 Å². The molecule has 0 aliphatic carbocycles. The molecule has 1 aliphatic rings. The summed E-state index contributed by atoms with van der Waals surface area (Å²) in [7, 11) is 0. The molecular formula is C16H22ClNO. The lowest BCUT2D eigenvalue weighted by Gasteiger charge is -2.24. The Morgan fingerprint density at radius 2 is 1.95 bits per heavy atom. The van der Waals surface area contributed by atoms with Crippen molar-refractivity contribution < 1.29 is 4.79 Å². The number of carbonyl (C=O) groups excluding carboxylic acids is 1. The van der Waals surface area contributed by atoms with E-state index in [-0.39, 0.29) is 17.4 Å². The number of amides is 1. The molecule has 0 radical (unpaired) electrons. The van der Waals surface area contributed by atoms with E-state index in [2.05, 4.69) is 32.9 Å². The van der Waals surface area contributed by atoms with E-state index in [0.717, 1.165) is 24.9 Å². The molecule has 0 N–H and O–H groups in total. The van der Waals surface area contributed by atoms with Crippen molar-refractivity contribution in [3.63, 3.8) is 0 Å². The molecule has 0 bridgehead atoms. The van der Waals surface area contributed by atoms with Crippen LogP contribution in [0.2, 0.25) is 0 Å². The molecule has 1 aliphatic heterocycles. The molecule has 3 heteroatoms. The molecule has 1 saturated heterocycles. The van der Waals surface area contributed by atoms with Crippen molar-refractivity contribution in [3.8, 4) is 0 Å². The predicted molar refractivity (Wildman–Crippen MR) is 79.9 cm³/mol. The number of carbonyl (C=O) groups is 1. The second kappa shape index (κ2) is 5.54. The zero-order chi connectivity index (χ0) is 14.0. The fraction of sp³-hybridized carbons (Fsp3) is 0.562. The second-order valence-corrected chi connectivity index (χ2v) is 6.58. The summed E-state index contributed by atoms with van der Waals surface area (Å²) >= 11 is 5.93. The summed E-state index contributed by atoms with van der Waals surface area (Å²) in [6, 6.07) is 8.19. The van der Waals surface area contributed by atoms with Crippen LogP contribution in [0.4, 0.5) is 0 Å². The predicted octanol–water partition coefficient (Wildman–Crippen LogP) is 3.83. The molecule has 1 unspecified atom stereocenters. The summed E-state index contributed by atoms with van der Waals surface area (Å²) in [4.78, 5) is 14.4. The smallest absolute Gasteiger partial charge is 0.254 e. The lowest BCUT2D eigenvalue weighted by molar-refractivity contribution is 0.0749.